The van der Waals surface area contributed by atoms with E-state index >= 15 is 0 Å². The van der Waals surface area contributed by atoms with Crippen molar-refractivity contribution in [3.63, 3.8) is 0 Å². The zero-order chi connectivity index (χ0) is 31.2. The molecule has 2 heterocycles. The number of amides is 2. The van der Waals surface area contributed by atoms with Gasteiger partial charge in [-0.25, -0.2) is 4.79 Å². The molecule has 2 amide bonds. The summed E-state index contributed by atoms with van der Waals surface area (Å²) >= 11 is 1.11. The molecule has 43 heavy (non-hydrogen) atoms. The molecule has 3 aromatic rings. The molecular formula is C30H39F3N6O3S. The maximum Gasteiger partial charge on any atom is 0.407 e. The SMILES string of the molecule is CN(c1nncc2sc(CC(F)(F)F)cc12)[C@@H]1CC[C@H](NCc2ccc(C(=O)NCCCNC(=O)OC(C)(C)C)cc2)C1. The number of thiophene rings is 1. The van der Waals surface area contributed by atoms with Crippen molar-refractivity contribution in [3.05, 3.63) is 52.5 Å². The molecule has 0 radical (unpaired) electrons. The average Bonchev–Trinajstić information content (AvgIpc) is 3.56. The zero-order valence-corrected chi connectivity index (χ0v) is 25.7. The Hall–Kier alpha value is -3.45. The minimum absolute atomic E-state index is 0.173. The summed E-state index contributed by atoms with van der Waals surface area (Å²) in [5.74, 6) is 0.439. The highest BCUT2D eigenvalue weighted by molar-refractivity contribution is 7.19. The fourth-order valence-electron chi connectivity index (χ4n) is 5.06. The van der Waals surface area contributed by atoms with Crippen molar-refractivity contribution < 1.29 is 27.5 Å². The van der Waals surface area contributed by atoms with Crippen LogP contribution in [0.3, 0.4) is 0 Å². The van der Waals surface area contributed by atoms with Crippen molar-refractivity contribution in [2.45, 2.75) is 83.3 Å². The van der Waals surface area contributed by atoms with Crippen LogP contribution in [0.2, 0.25) is 0 Å². The molecule has 0 saturated heterocycles. The number of aromatic nitrogens is 2. The van der Waals surface area contributed by atoms with Gasteiger partial charge >= 0.3 is 12.3 Å². The third-order valence-corrected chi connectivity index (χ3v) is 8.23. The van der Waals surface area contributed by atoms with Crippen LogP contribution in [0.5, 0.6) is 0 Å². The number of halogens is 3. The lowest BCUT2D eigenvalue weighted by Crippen LogP contribution is -2.34. The van der Waals surface area contributed by atoms with E-state index in [1.165, 1.54) is 6.20 Å². The van der Waals surface area contributed by atoms with Gasteiger partial charge in [0, 0.05) is 54.6 Å². The standard InChI is InChI=1S/C30H39F3N6O3S/c1-29(2,3)42-28(41)35-13-5-12-34-27(40)20-8-6-19(7-9-20)17-36-21-10-11-22(14-21)39(4)26-24-15-23(16-30(31,32)33)43-25(24)18-37-38-26/h6-9,15,18,21-22,36H,5,10-14,16-17H2,1-4H3,(H,34,40)(H,35,41)/t21-,22+/m0/s1. The topological polar surface area (TPSA) is 108 Å². The Balaban J connectivity index is 1.20. The van der Waals surface area contributed by atoms with Crippen molar-refractivity contribution in [3.8, 4) is 0 Å². The largest absolute Gasteiger partial charge is 0.444 e. The van der Waals surface area contributed by atoms with Crippen LogP contribution in [-0.2, 0) is 17.7 Å². The summed E-state index contributed by atoms with van der Waals surface area (Å²) in [5.41, 5.74) is 1.07. The quantitative estimate of drug-likeness (QED) is 0.240. The molecule has 1 saturated carbocycles. The smallest absolute Gasteiger partial charge is 0.407 e. The number of hydrogen-bond acceptors (Lipinski definition) is 8. The van der Waals surface area contributed by atoms with Gasteiger partial charge in [0.1, 0.15) is 5.60 Å². The number of rotatable bonds is 11. The second-order valence-corrected chi connectivity index (χ2v) is 13.0. The lowest BCUT2D eigenvalue weighted by Gasteiger charge is -2.26. The molecule has 1 aromatic carbocycles. The third-order valence-electron chi connectivity index (χ3n) is 7.16. The molecule has 1 aliphatic carbocycles. The highest BCUT2D eigenvalue weighted by Gasteiger charge is 2.31. The van der Waals surface area contributed by atoms with Crippen LogP contribution in [0.4, 0.5) is 23.8 Å². The van der Waals surface area contributed by atoms with Crippen molar-refractivity contribution >= 4 is 39.2 Å². The van der Waals surface area contributed by atoms with Crippen LogP contribution in [0.1, 0.15) is 67.3 Å². The zero-order valence-electron chi connectivity index (χ0n) is 24.9. The Morgan fingerprint density at radius 1 is 1.09 bits per heavy atom. The molecule has 0 unspecified atom stereocenters. The van der Waals surface area contributed by atoms with Gasteiger partial charge in [-0.05, 0) is 70.2 Å². The van der Waals surface area contributed by atoms with E-state index in [9.17, 15) is 22.8 Å². The predicted octanol–water partition coefficient (Wildman–Crippen LogP) is 5.59. The number of carbonyl (C=O) groups excluding carboxylic acids is 2. The summed E-state index contributed by atoms with van der Waals surface area (Å²) in [6.45, 7) is 6.88. The minimum atomic E-state index is -4.26. The molecule has 0 bridgehead atoms. The Morgan fingerprint density at radius 3 is 2.51 bits per heavy atom. The van der Waals surface area contributed by atoms with Gasteiger partial charge < -0.3 is 25.6 Å². The molecule has 2 aromatic heterocycles. The summed E-state index contributed by atoms with van der Waals surface area (Å²) in [7, 11) is 1.93. The van der Waals surface area contributed by atoms with E-state index < -0.39 is 24.3 Å². The van der Waals surface area contributed by atoms with Crippen molar-refractivity contribution in [2.75, 3.05) is 25.0 Å². The Kier molecular flexibility index (Phi) is 10.5. The highest BCUT2D eigenvalue weighted by atomic mass is 32.1. The van der Waals surface area contributed by atoms with Gasteiger partial charge in [-0.15, -0.1) is 16.4 Å². The highest BCUT2D eigenvalue weighted by Crippen LogP contribution is 2.36. The van der Waals surface area contributed by atoms with Crippen LogP contribution in [0.25, 0.3) is 10.1 Å². The molecule has 3 N–H and O–H groups in total. The summed E-state index contributed by atoms with van der Waals surface area (Å²) < 4.78 is 44.6. The van der Waals surface area contributed by atoms with E-state index in [0.29, 0.717) is 47.5 Å². The van der Waals surface area contributed by atoms with E-state index in [0.717, 1.165) is 36.2 Å². The molecule has 2 atom stereocenters. The monoisotopic (exact) mass is 620 g/mol. The van der Waals surface area contributed by atoms with E-state index in [1.54, 1.807) is 39.0 Å². The number of benzene rings is 1. The lowest BCUT2D eigenvalue weighted by molar-refractivity contribution is -0.126. The van der Waals surface area contributed by atoms with E-state index in [1.807, 2.05) is 24.1 Å². The summed E-state index contributed by atoms with van der Waals surface area (Å²) in [6.07, 6.45) is -0.814. The second kappa shape index (κ2) is 13.9. The maximum atomic E-state index is 12.9. The van der Waals surface area contributed by atoms with Gasteiger partial charge in [-0.2, -0.15) is 18.3 Å². The first-order valence-electron chi connectivity index (χ1n) is 14.4. The molecule has 234 valence electrons. The van der Waals surface area contributed by atoms with Gasteiger partial charge in [-0.3, -0.25) is 4.79 Å². The first-order chi connectivity index (χ1) is 20.3. The first kappa shape index (κ1) is 32.5. The Bertz CT molecular complexity index is 1390. The van der Waals surface area contributed by atoms with Gasteiger partial charge in [-0.1, -0.05) is 12.1 Å². The van der Waals surface area contributed by atoms with Crippen molar-refractivity contribution in [2.24, 2.45) is 0 Å². The van der Waals surface area contributed by atoms with Crippen molar-refractivity contribution in [1.82, 2.24) is 26.1 Å². The number of carbonyl (C=O) groups is 2. The molecule has 0 spiro atoms. The number of ether oxygens (including phenoxy) is 1. The fourth-order valence-corrected chi connectivity index (χ4v) is 6.12. The van der Waals surface area contributed by atoms with Gasteiger partial charge in [0.15, 0.2) is 5.82 Å². The van der Waals surface area contributed by atoms with Gasteiger partial charge in [0.05, 0.1) is 17.3 Å². The maximum absolute atomic E-state index is 12.9. The molecule has 1 aliphatic rings. The number of alkyl carbamates (subject to hydrolysis) is 1. The predicted molar refractivity (Wildman–Crippen MR) is 161 cm³/mol. The van der Waals surface area contributed by atoms with Gasteiger partial charge in [0.2, 0.25) is 0 Å². The number of hydrogen-bond donors (Lipinski definition) is 3. The molecule has 1 fully saturated rings. The lowest BCUT2D eigenvalue weighted by atomic mass is 10.1. The number of alkyl halides is 3. The fraction of sp³-hybridized carbons (Fsp3) is 0.533. The molecule has 13 heteroatoms. The van der Waals surface area contributed by atoms with Crippen LogP contribution < -0.4 is 20.9 Å². The number of anilines is 1. The van der Waals surface area contributed by atoms with Crippen LogP contribution in [0.15, 0.2) is 36.5 Å². The third kappa shape index (κ3) is 9.78. The minimum Gasteiger partial charge on any atom is -0.444 e. The van der Waals surface area contributed by atoms with Gasteiger partial charge in [0.25, 0.3) is 5.91 Å². The summed E-state index contributed by atoms with van der Waals surface area (Å²) in [5, 5.41) is 18.1. The molecule has 0 aliphatic heterocycles. The molecular weight excluding hydrogens is 581 g/mol. The molecule has 9 nitrogen and oxygen atoms in total. The van der Waals surface area contributed by atoms with Crippen molar-refractivity contribution in [1.29, 1.82) is 0 Å². The van der Waals surface area contributed by atoms with E-state index in [-0.39, 0.29) is 22.9 Å². The first-order valence-corrected chi connectivity index (χ1v) is 15.2. The van der Waals surface area contributed by atoms with Crippen LogP contribution in [-0.4, -0.2) is 66.2 Å². The Labute approximate surface area is 253 Å². The summed E-state index contributed by atoms with van der Waals surface area (Å²) in [4.78, 5) is 26.4. The average molecular weight is 621 g/mol. The van der Waals surface area contributed by atoms with Crippen LogP contribution in [0, 0.1) is 0 Å². The van der Waals surface area contributed by atoms with Crippen LogP contribution >= 0.6 is 11.3 Å². The van der Waals surface area contributed by atoms with E-state index in [2.05, 4.69) is 26.1 Å². The number of fused-ring (bicyclic) bond motifs is 1. The van der Waals surface area contributed by atoms with E-state index in [4.69, 9.17) is 4.74 Å². The number of nitrogens with zero attached hydrogens (tertiary/aromatic N) is 3. The second-order valence-electron chi connectivity index (χ2n) is 11.8. The molecule has 4 rings (SSSR count). The normalized spacial score (nSPS) is 17.2. The number of nitrogens with one attached hydrogen (secondary N) is 3. The summed E-state index contributed by atoms with van der Waals surface area (Å²) in [6, 6.07) is 9.50. The Morgan fingerprint density at radius 2 is 1.81 bits per heavy atom.